The molecule has 17 heavy (non-hydrogen) atoms. The summed E-state index contributed by atoms with van der Waals surface area (Å²) in [7, 11) is 0. The van der Waals surface area contributed by atoms with Crippen molar-refractivity contribution in [3.05, 3.63) is 0 Å². The standard InChI is InChI=1S/C16H31N/c1-7-13(11(2)3)17-14-15(4,5)12-8-9-16(14,6)10-12/h11-14,17H,7-10H2,1-6H3. The first-order valence-electron chi connectivity index (χ1n) is 7.57. The van der Waals surface area contributed by atoms with Gasteiger partial charge in [0.15, 0.2) is 0 Å². The predicted octanol–water partition coefficient (Wildman–Crippen LogP) is 4.23. The van der Waals surface area contributed by atoms with Crippen molar-refractivity contribution in [2.24, 2.45) is 22.7 Å². The van der Waals surface area contributed by atoms with E-state index < -0.39 is 0 Å². The van der Waals surface area contributed by atoms with Crippen LogP contribution in [-0.2, 0) is 0 Å². The van der Waals surface area contributed by atoms with E-state index in [4.69, 9.17) is 0 Å². The highest BCUT2D eigenvalue weighted by molar-refractivity contribution is 5.12. The van der Waals surface area contributed by atoms with Gasteiger partial charge < -0.3 is 5.32 Å². The van der Waals surface area contributed by atoms with Crippen LogP contribution in [0.4, 0.5) is 0 Å². The van der Waals surface area contributed by atoms with Crippen molar-refractivity contribution >= 4 is 0 Å². The second kappa shape index (κ2) is 4.26. The zero-order valence-electron chi connectivity index (χ0n) is 12.6. The number of nitrogens with one attached hydrogen (secondary N) is 1. The molecule has 4 unspecified atom stereocenters. The Morgan fingerprint density at radius 1 is 1.24 bits per heavy atom. The van der Waals surface area contributed by atoms with Crippen LogP contribution in [0.25, 0.3) is 0 Å². The van der Waals surface area contributed by atoms with Gasteiger partial charge in [-0.1, -0.05) is 41.5 Å². The third-order valence-electron chi connectivity index (χ3n) is 5.90. The topological polar surface area (TPSA) is 12.0 Å². The van der Waals surface area contributed by atoms with Gasteiger partial charge in [0.1, 0.15) is 0 Å². The molecule has 0 amide bonds. The summed E-state index contributed by atoms with van der Waals surface area (Å²) < 4.78 is 0. The average molecular weight is 237 g/mol. The molecule has 2 saturated carbocycles. The summed E-state index contributed by atoms with van der Waals surface area (Å²) in [5.41, 5.74) is 1.06. The van der Waals surface area contributed by atoms with Crippen molar-refractivity contribution in [2.75, 3.05) is 0 Å². The molecule has 0 spiro atoms. The normalized spacial score (nSPS) is 41.1. The maximum absolute atomic E-state index is 4.03. The lowest BCUT2D eigenvalue weighted by atomic mass is 9.68. The second-order valence-electron chi connectivity index (χ2n) is 7.77. The molecule has 0 aromatic heterocycles. The zero-order valence-corrected chi connectivity index (χ0v) is 12.6. The lowest BCUT2D eigenvalue weighted by Gasteiger charge is -2.45. The largest absolute Gasteiger partial charge is 0.310 e. The van der Waals surface area contributed by atoms with Crippen molar-refractivity contribution < 1.29 is 0 Å². The van der Waals surface area contributed by atoms with Crippen LogP contribution < -0.4 is 5.32 Å². The molecule has 0 aromatic rings. The number of fused-ring (bicyclic) bond motifs is 2. The molecule has 2 aliphatic rings. The van der Waals surface area contributed by atoms with Gasteiger partial charge in [-0.3, -0.25) is 0 Å². The monoisotopic (exact) mass is 237 g/mol. The molecule has 0 radical (unpaired) electrons. The fourth-order valence-corrected chi connectivity index (χ4v) is 4.71. The smallest absolute Gasteiger partial charge is 0.0177 e. The maximum atomic E-state index is 4.03. The first-order valence-corrected chi connectivity index (χ1v) is 7.57. The molecule has 1 N–H and O–H groups in total. The van der Waals surface area contributed by atoms with E-state index in [0.29, 0.717) is 16.9 Å². The van der Waals surface area contributed by atoms with Gasteiger partial charge >= 0.3 is 0 Å². The summed E-state index contributed by atoms with van der Waals surface area (Å²) in [6.45, 7) is 14.5. The van der Waals surface area contributed by atoms with Crippen LogP contribution in [0.2, 0.25) is 0 Å². The molecule has 0 aromatic carbocycles. The molecule has 2 fully saturated rings. The molecule has 0 saturated heterocycles. The summed E-state index contributed by atoms with van der Waals surface area (Å²) in [6, 6.07) is 1.41. The van der Waals surface area contributed by atoms with Crippen molar-refractivity contribution in [1.29, 1.82) is 0 Å². The van der Waals surface area contributed by atoms with Gasteiger partial charge in [-0.05, 0) is 48.3 Å². The molecule has 2 aliphatic carbocycles. The van der Waals surface area contributed by atoms with E-state index in [0.717, 1.165) is 17.9 Å². The van der Waals surface area contributed by atoms with E-state index in [1.54, 1.807) is 0 Å². The van der Waals surface area contributed by atoms with Crippen LogP contribution in [0.5, 0.6) is 0 Å². The zero-order chi connectivity index (χ0) is 12.8. The Bertz CT molecular complexity index is 276. The van der Waals surface area contributed by atoms with Crippen LogP contribution in [0.1, 0.15) is 67.2 Å². The lowest BCUT2D eigenvalue weighted by Crippen LogP contribution is -2.54. The highest BCUT2D eigenvalue weighted by Crippen LogP contribution is 2.62. The Balaban J connectivity index is 2.14. The fourth-order valence-electron chi connectivity index (χ4n) is 4.71. The van der Waals surface area contributed by atoms with Gasteiger partial charge in [0.2, 0.25) is 0 Å². The molecule has 0 aliphatic heterocycles. The van der Waals surface area contributed by atoms with E-state index >= 15 is 0 Å². The second-order valence-corrected chi connectivity index (χ2v) is 7.77. The van der Waals surface area contributed by atoms with Crippen molar-refractivity contribution in [3.8, 4) is 0 Å². The van der Waals surface area contributed by atoms with E-state index in [1.165, 1.54) is 25.7 Å². The minimum atomic E-state index is 0.495. The third kappa shape index (κ3) is 2.05. The van der Waals surface area contributed by atoms with Gasteiger partial charge in [0, 0.05) is 12.1 Å². The van der Waals surface area contributed by atoms with Crippen LogP contribution in [-0.4, -0.2) is 12.1 Å². The van der Waals surface area contributed by atoms with Crippen LogP contribution in [0.3, 0.4) is 0 Å². The summed E-state index contributed by atoms with van der Waals surface area (Å²) in [5, 5.41) is 4.03. The Kier molecular flexibility index (Phi) is 3.36. The molecule has 2 rings (SSSR count). The van der Waals surface area contributed by atoms with Gasteiger partial charge in [0.05, 0.1) is 0 Å². The van der Waals surface area contributed by atoms with Crippen molar-refractivity contribution in [3.63, 3.8) is 0 Å². The maximum Gasteiger partial charge on any atom is 0.0177 e. The third-order valence-corrected chi connectivity index (χ3v) is 5.90. The summed E-state index contributed by atoms with van der Waals surface area (Å²) in [6.07, 6.45) is 5.60. The van der Waals surface area contributed by atoms with Crippen molar-refractivity contribution in [1.82, 2.24) is 5.32 Å². The summed E-state index contributed by atoms with van der Waals surface area (Å²) in [4.78, 5) is 0. The number of rotatable bonds is 4. The van der Waals surface area contributed by atoms with E-state index in [2.05, 4.69) is 46.9 Å². The molecule has 2 bridgehead atoms. The average Bonchev–Trinajstić information content (AvgIpc) is 2.68. The SMILES string of the molecule is CCC(NC1C2(C)CCC(C2)C1(C)C)C(C)C. The molecular weight excluding hydrogens is 206 g/mol. The van der Waals surface area contributed by atoms with Crippen molar-refractivity contribution in [2.45, 2.75) is 79.3 Å². The van der Waals surface area contributed by atoms with E-state index in [-0.39, 0.29) is 0 Å². The highest BCUT2D eigenvalue weighted by Gasteiger charge is 2.59. The molecule has 0 heterocycles. The van der Waals surface area contributed by atoms with Crippen LogP contribution >= 0.6 is 0 Å². The Labute approximate surface area is 108 Å². The Morgan fingerprint density at radius 2 is 1.88 bits per heavy atom. The quantitative estimate of drug-likeness (QED) is 0.771. The number of hydrogen-bond donors (Lipinski definition) is 1. The highest BCUT2D eigenvalue weighted by atomic mass is 15.0. The van der Waals surface area contributed by atoms with Crippen LogP contribution in [0, 0.1) is 22.7 Å². The molecule has 1 nitrogen and oxygen atoms in total. The predicted molar refractivity (Wildman–Crippen MR) is 75.1 cm³/mol. The van der Waals surface area contributed by atoms with Crippen LogP contribution in [0.15, 0.2) is 0 Å². The minimum Gasteiger partial charge on any atom is -0.310 e. The summed E-state index contributed by atoms with van der Waals surface area (Å²) >= 11 is 0. The Morgan fingerprint density at radius 3 is 2.29 bits per heavy atom. The summed E-state index contributed by atoms with van der Waals surface area (Å²) in [5.74, 6) is 1.70. The van der Waals surface area contributed by atoms with Gasteiger partial charge in [-0.15, -0.1) is 0 Å². The van der Waals surface area contributed by atoms with Gasteiger partial charge in [-0.2, -0.15) is 0 Å². The minimum absolute atomic E-state index is 0.495. The van der Waals surface area contributed by atoms with Gasteiger partial charge in [0.25, 0.3) is 0 Å². The van der Waals surface area contributed by atoms with Gasteiger partial charge in [-0.25, -0.2) is 0 Å². The lowest BCUT2D eigenvalue weighted by molar-refractivity contribution is 0.0909. The fraction of sp³-hybridized carbons (Fsp3) is 1.00. The van der Waals surface area contributed by atoms with E-state index in [1.807, 2.05) is 0 Å². The Hall–Kier alpha value is -0.0400. The first kappa shape index (κ1) is 13.4. The first-order chi connectivity index (χ1) is 7.81. The van der Waals surface area contributed by atoms with E-state index in [9.17, 15) is 0 Å². The molecule has 4 atom stereocenters. The number of hydrogen-bond acceptors (Lipinski definition) is 1. The molecular formula is C16H31N. The molecule has 100 valence electrons. The molecule has 1 heteroatoms.